The third kappa shape index (κ3) is 5.10. The van der Waals surface area contributed by atoms with Crippen LogP contribution in [-0.2, 0) is 4.79 Å². The summed E-state index contributed by atoms with van der Waals surface area (Å²) in [6.07, 6.45) is 0. The molecule has 0 aromatic heterocycles. The number of hydrogen-bond donors (Lipinski definition) is 3. The van der Waals surface area contributed by atoms with E-state index in [1.165, 1.54) is 4.90 Å². The maximum absolute atomic E-state index is 10.5. The predicted molar refractivity (Wildman–Crippen MR) is 71.5 cm³/mol. The molecule has 0 aliphatic heterocycles. The Morgan fingerprint density at radius 3 is 2.47 bits per heavy atom. The van der Waals surface area contributed by atoms with Gasteiger partial charge < -0.3 is 16.2 Å². The van der Waals surface area contributed by atoms with Gasteiger partial charge in [0, 0.05) is 22.4 Å². The van der Waals surface area contributed by atoms with Crippen LogP contribution in [0.4, 0.5) is 5.69 Å². The summed E-state index contributed by atoms with van der Waals surface area (Å²) >= 11 is 1.79. The lowest BCUT2D eigenvalue weighted by atomic mass is 10.3. The first-order chi connectivity index (χ1) is 7.99. The number of nitrogens with one attached hydrogen (secondary N) is 1. The largest absolute Gasteiger partial charge is 0.480 e. The fraction of sp³-hybridized carbons (Fsp3) is 0.417. The molecule has 4 N–H and O–H groups in total. The van der Waals surface area contributed by atoms with E-state index in [9.17, 15) is 4.79 Å². The molecule has 5 heteroatoms. The molecule has 0 fully saturated rings. The first-order valence-corrected chi connectivity index (χ1v) is 6.36. The van der Waals surface area contributed by atoms with Gasteiger partial charge in [0.15, 0.2) is 0 Å². The zero-order valence-electron chi connectivity index (χ0n) is 10.0. The second-order valence-electron chi connectivity index (χ2n) is 4.02. The summed E-state index contributed by atoms with van der Waals surface area (Å²) in [5.41, 5.74) is 6.28. The van der Waals surface area contributed by atoms with Crippen molar-refractivity contribution in [2.45, 2.75) is 30.0 Å². The van der Waals surface area contributed by atoms with Crippen molar-refractivity contribution in [1.82, 2.24) is 0 Å². The van der Waals surface area contributed by atoms with Crippen LogP contribution in [0.3, 0.4) is 0 Å². The minimum atomic E-state index is -0.996. The average molecular weight is 254 g/mol. The van der Waals surface area contributed by atoms with Crippen molar-refractivity contribution in [2.75, 3.05) is 11.9 Å². The van der Waals surface area contributed by atoms with E-state index >= 15 is 0 Å². The fourth-order valence-corrected chi connectivity index (χ4v) is 2.08. The molecule has 0 spiro atoms. The molecule has 0 aliphatic rings. The van der Waals surface area contributed by atoms with Gasteiger partial charge in [-0.2, -0.15) is 0 Å². The first kappa shape index (κ1) is 13.9. The van der Waals surface area contributed by atoms with E-state index in [1.54, 1.807) is 11.8 Å². The van der Waals surface area contributed by atoms with Crippen LogP contribution in [0.2, 0.25) is 0 Å². The molecule has 1 atom stereocenters. The molecular weight excluding hydrogens is 236 g/mol. The van der Waals surface area contributed by atoms with Crippen molar-refractivity contribution in [1.29, 1.82) is 0 Å². The van der Waals surface area contributed by atoms with Gasteiger partial charge in [-0.05, 0) is 24.3 Å². The zero-order valence-corrected chi connectivity index (χ0v) is 10.8. The van der Waals surface area contributed by atoms with E-state index in [4.69, 9.17) is 10.8 Å². The Hall–Kier alpha value is -1.20. The van der Waals surface area contributed by atoms with Gasteiger partial charge in [0.2, 0.25) is 0 Å². The average Bonchev–Trinajstić information content (AvgIpc) is 2.26. The lowest BCUT2D eigenvalue weighted by molar-refractivity contribution is -0.138. The Morgan fingerprint density at radius 2 is 2.00 bits per heavy atom. The van der Waals surface area contributed by atoms with E-state index in [0.717, 1.165) is 5.69 Å². The van der Waals surface area contributed by atoms with Crippen LogP contribution >= 0.6 is 11.8 Å². The number of carbonyl (C=O) groups is 1. The molecule has 1 aromatic rings. The molecule has 0 saturated carbocycles. The standard InChI is InChI=1S/C12H18N2O2S/c1-8(2)17-10-5-3-9(4-6-10)14-7-11(13)12(15)16/h3-6,8,11,14H,7,13H2,1-2H3,(H,15,16). The number of aliphatic carboxylic acids is 1. The maximum Gasteiger partial charge on any atom is 0.322 e. The molecule has 0 saturated heterocycles. The number of rotatable bonds is 6. The third-order valence-electron chi connectivity index (χ3n) is 2.07. The molecule has 0 heterocycles. The molecule has 4 nitrogen and oxygen atoms in total. The number of carboxylic acid groups (broad SMARTS) is 1. The number of anilines is 1. The highest BCUT2D eigenvalue weighted by molar-refractivity contribution is 7.99. The van der Waals surface area contributed by atoms with Gasteiger partial charge in [-0.3, -0.25) is 4.79 Å². The maximum atomic E-state index is 10.5. The van der Waals surface area contributed by atoms with Crippen molar-refractivity contribution >= 4 is 23.4 Å². The molecular formula is C12H18N2O2S. The summed E-state index contributed by atoms with van der Waals surface area (Å²) in [5.74, 6) is -0.996. The van der Waals surface area contributed by atoms with Crippen LogP contribution in [0, 0.1) is 0 Å². The fourth-order valence-electron chi connectivity index (χ4n) is 1.24. The highest BCUT2D eigenvalue weighted by Crippen LogP contribution is 2.23. The van der Waals surface area contributed by atoms with Crippen molar-refractivity contribution in [2.24, 2.45) is 5.73 Å². The van der Waals surface area contributed by atoms with E-state index in [-0.39, 0.29) is 6.54 Å². The van der Waals surface area contributed by atoms with Crippen LogP contribution in [0.15, 0.2) is 29.2 Å². The molecule has 1 rings (SSSR count). The first-order valence-electron chi connectivity index (χ1n) is 5.48. The highest BCUT2D eigenvalue weighted by atomic mass is 32.2. The second kappa shape index (κ2) is 6.51. The molecule has 17 heavy (non-hydrogen) atoms. The SMILES string of the molecule is CC(C)Sc1ccc(NCC(N)C(=O)O)cc1. The Kier molecular flexibility index (Phi) is 5.31. The third-order valence-corrected chi connectivity index (χ3v) is 3.09. The zero-order chi connectivity index (χ0) is 12.8. The van der Waals surface area contributed by atoms with Crippen molar-refractivity contribution in [3.8, 4) is 0 Å². The Balaban J connectivity index is 2.48. The highest BCUT2D eigenvalue weighted by Gasteiger charge is 2.10. The minimum absolute atomic E-state index is 0.228. The summed E-state index contributed by atoms with van der Waals surface area (Å²) in [6, 6.07) is 7.01. The van der Waals surface area contributed by atoms with Crippen LogP contribution < -0.4 is 11.1 Å². The van der Waals surface area contributed by atoms with E-state index in [0.29, 0.717) is 5.25 Å². The van der Waals surface area contributed by atoms with Gasteiger partial charge in [0.1, 0.15) is 6.04 Å². The summed E-state index contributed by atoms with van der Waals surface area (Å²) in [7, 11) is 0. The van der Waals surface area contributed by atoms with E-state index in [1.807, 2.05) is 24.3 Å². The monoisotopic (exact) mass is 254 g/mol. The number of benzene rings is 1. The second-order valence-corrected chi connectivity index (χ2v) is 5.67. The van der Waals surface area contributed by atoms with Gasteiger partial charge in [-0.1, -0.05) is 13.8 Å². The quantitative estimate of drug-likeness (QED) is 0.677. The summed E-state index contributed by atoms with van der Waals surface area (Å²) < 4.78 is 0. The van der Waals surface area contributed by atoms with Crippen molar-refractivity contribution in [3.63, 3.8) is 0 Å². The molecule has 94 valence electrons. The summed E-state index contributed by atoms with van der Waals surface area (Å²) in [4.78, 5) is 11.7. The van der Waals surface area contributed by atoms with Crippen molar-refractivity contribution < 1.29 is 9.90 Å². The van der Waals surface area contributed by atoms with E-state index < -0.39 is 12.0 Å². The number of nitrogens with two attached hydrogens (primary N) is 1. The van der Waals surface area contributed by atoms with E-state index in [2.05, 4.69) is 19.2 Å². The lowest BCUT2D eigenvalue weighted by Crippen LogP contribution is -2.36. The van der Waals surface area contributed by atoms with Gasteiger partial charge in [-0.25, -0.2) is 0 Å². The normalized spacial score (nSPS) is 12.5. The van der Waals surface area contributed by atoms with Gasteiger partial charge >= 0.3 is 5.97 Å². The summed E-state index contributed by atoms with van der Waals surface area (Å²) in [5, 5.41) is 12.2. The van der Waals surface area contributed by atoms with Crippen LogP contribution in [-0.4, -0.2) is 28.9 Å². The molecule has 0 aliphatic carbocycles. The van der Waals surface area contributed by atoms with Crippen LogP contribution in [0.5, 0.6) is 0 Å². The Bertz CT molecular complexity index is 365. The van der Waals surface area contributed by atoms with Crippen molar-refractivity contribution in [3.05, 3.63) is 24.3 Å². The van der Waals surface area contributed by atoms with Crippen LogP contribution in [0.1, 0.15) is 13.8 Å². The lowest BCUT2D eigenvalue weighted by Gasteiger charge is -2.10. The number of carboxylic acids is 1. The predicted octanol–water partition coefficient (Wildman–Crippen LogP) is 2.01. The number of thioether (sulfide) groups is 1. The molecule has 1 unspecified atom stereocenters. The van der Waals surface area contributed by atoms with Crippen LogP contribution in [0.25, 0.3) is 0 Å². The Labute approximate surface area is 106 Å². The van der Waals surface area contributed by atoms with Gasteiger partial charge in [-0.15, -0.1) is 11.8 Å². The molecule has 0 bridgehead atoms. The topological polar surface area (TPSA) is 75.3 Å². The molecule has 0 radical (unpaired) electrons. The Morgan fingerprint density at radius 1 is 1.41 bits per heavy atom. The van der Waals surface area contributed by atoms with Gasteiger partial charge in [0.05, 0.1) is 0 Å². The smallest absolute Gasteiger partial charge is 0.322 e. The number of hydrogen-bond acceptors (Lipinski definition) is 4. The van der Waals surface area contributed by atoms with Gasteiger partial charge in [0.25, 0.3) is 0 Å². The minimum Gasteiger partial charge on any atom is -0.480 e. The summed E-state index contributed by atoms with van der Waals surface area (Å²) in [6.45, 7) is 4.51. The molecule has 0 amide bonds. The molecule has 1 aromatic carbocycles.